The molecule has 1 aliphatic heterocycles. The van der Waals surface area contributed by atoms with Crippen LogP contribution in [0.5, 0.6) is 11.5 Å². The maximum atomic E-state index is 6.25. The monoisotopic (exact) mass is 511 g/mol. The average Bonchev–Trinajstić information content (AvgIpc) is 3.32. The van der Waals surface area contributed by atoms with Gasteiger partial charge in [0.15, 0.2) is 5.13 Å². The number of nitrogens with zero attached hydrogens (tertiary/aromatic N) is 4. The van der Waals surface area contributed by atoms with Crippen molar-refractivity contribution in [3.63, 3.8) is 0 Å². The second-order valence-corrected chi connectivity index (χ2v) is 11.1. The van der Waals surface area contributed by atoms with Gasteiger partial charge in [0.25, 0.3) is 0 Å². The molecule has 190 valence electrons. The first-order chi connectivity index (χ1) is 18.1. The van der Waals surface area contributed by atoms with Gasteiger partial charge >= 0.3 is 0 Å². The summed E-state index contributed by atoms with van der Waals surface area (Å²) in [5.41, 5.74) is 5.53. The number of benzene rings is 2. The van der Waals surface area contributed by atoms with E-state index >= 15 is 0 Å². The Balaban J connectivity index is 1.15. The van der Waals surface area contributed by atoms with Gasteiger partial charge in [-0.25, -0.2) is 4.98 Å². The SMILES string of the molecule is C=C1CCCC[C@H]1Nc1nc2ccc(Oc3ccnc(-c4ccc(N5CCN(C)CC5)cc4)c3)cc2s1. The molecule has 1 saturated heterocycles. The summed E-state index contributed by atoms with van der Waals surface area (Å²) >= 11 is 1.67. The van der Waals surface area contributed by atoms with E-state index in [1.807, 2.05) is 30.5 Å². The molecule has 1 N–H and O–H groups in total. The molecule has 0 unspecified atom stereocenters. The topological polar surface area (TPSA) is 53.5 Å². The minimum Gasteiger partial charge on any atom is -0.457 e. The van der Waals surface area contributed by atoms with Crippen LogP contribution in [0.2, 0.25) is 0 Å². The maximum Gasteiger partial charge on any atom is 0.184 e. The largest absolute Gasteiger partial charge is 0.457 e. The molecule has 0 radical (unpaired) electrons. The van der Waals surface area contributed by atoms with Crippen molar-refractivity contribution in [2.45, 2.75) is 31.7 Å². The molecule has 7 heteroatoms. The van der Waals surface area contributed by atoms with E-state index in [2.05, 4.69) is 64.1 Å². The van der Waals surface area contributed by atoms with Crippen molar-refractivity contribution >= 4 is 32.4 Å². The summed E-state index contributed by atoms with van der Waals surface area (Å²) in [6, 6.07) is 19.0. The Morgan fingerprint density at radius 2 is 1.78 bits per heavy atom. The quantitative estimate of drug-likeness (QED) is 0.287. The molecule has 4 aromatic rings. The van der Waals surface area contributed by atoms with E-state index in [1.165, 1.54) is 24.1 Å². The van der Waals surface area contributed by atoms with Crippen LogP contribution in [0.4, 0.5) is 10.8 Å². The molecule has 6 rings (SSSR count). The van der Waals surface area contributed by atoms with Crippen LogP contribution < -0.4 is 15.0 Å². The number of pyridine rings is 1. The van der Waals surface area contributed by atoms with Gasteiger partial charge in [-0.2, -0.15) is 0 Å². The Hall–Kier alpha value is -3.42. The fraction of sp³-hybridized carbons (Fsp3) is 0.333. The summed E-state index contributed by atoms with van der Waals surface area (Å²) < 4.78 is 7.35. The highest BCUT2D eigenvalue weighted by atomic mass is 32.1. The minimum atomic E-state index is 0.330. The highest BCUT2D eigenvalue weighted by molar-refractivity contribution is 7.22. The summed E-state index contributed by atoms with van der Waals surface area (Å²) in [6.07, 6.45) is 6.54. The van der Waals surface area contributed by atoms with Gasteiger partial charge in [0.05, 0.1) is 15.9 Å². The summed E-state index contributed by atoms with van der Waals surface area (Å²) in [6.45, 7) is 8.58. The standard InChI is InChI=1S/C30H33N5OS/c1-21-5-3-4-6-26(21)32-30-33-27-12-11-24(20-29(27)37-30)36-25-13-14-31-28(19-25)22-7-9-23(10-8-22)35-17-15-34(2)16-18-35/h7-14,19-20,26H,1,3-6,15-18H2,2H3,(H,32,33)/t26-/m1/s1. The molecular weight excluding hydrogens is 478 g/mol. The van der Waals surface area contributed by atoms with E-state index in [4.69, 9.17) is 9.72 Å². The lowest BCUT2D eigenvalue weighted by atomic mass is 9.91. The van der Waals surface area contributed by atoms with E-state index in [1.54, 1.807) is 11.3 Å². The average molecular weight is 512 g/mol. The summed E-state index contributed by atoms with van der Waals surface area (Å²) in [4.78, 5) is 14.2. The molecule has 2 fully saturated rings. The van der Waals surface area contributed by atoms with Gasteiger partial charge in [-0.15, -0.1) is 0 Å². The zero-order valence-corrected chi connectivity index (χ0v) is 22.1. The van der Waals surface area contributed by atoms with Gasteiger partial charge in [-0.3, -0.25) is 4.98 Å². The number of aromatic nitrogens is 2. The molecule has 0 spiro atoms. The van der Waals surface area contributed by atoms with E-state index in [-0.39, 0.29) is 0 Å². The van der Waals surface area contributed by atoms with E-state index in [0.29, 0.717) is 6.04 Å². The number of thiazole rings is 1. The smallest absolute Gasteiger partial charge is 0.184 e. The van der Waals surface area contributed by atoms with Crippen LogP contribution in [0.3, 0.4) is 0 Å². The molecule has 1 aliphatic carbocycles. The third kappa shape index (κ3) is 5.48. The number of hydrogen-bond donors (Lipinski definition) is 1. The summed E-state index contributed by atoms with van der Waals surface area (Å²) in [7, 11) is 2.18. The number of nitrogens with one attached hydrogen (secondary N) is 1. The molecule has 0 bridgehead atoms. The van der Waals surface area contributed by atoms with E-state index in [0.717, 1.165) is 77.1 Å². The number of hydrogen-bond acceptors (Lipinski definition) is 7. The second-order valence-electron chi connectivity index (χ2n) is 10.1. The number of fused-ring (bicyclic) bond motifs is 1. The van der Waals surface area contributed by atoms with Gasteiger partial charge < -0.3 is 19.9 Å². The predicted octanol–water partition coefficient (Wildman–Crippen LogP) is 6.81. The lowest BCUT2D eigenvalue weighted by Crippen LogP contribution is -2.44. The molecule has 2 aromatic heterocycles. The molecule has 1 atom stereocenters. The van der Waals surface area contributed by atoms with Gasteiger partial charge in [-0.1, -0.05) is 42.0 Å². The zero-order valence-electron chi connectivity index (χ0n) is 21.3. The molecule has 6 nitrogen and oxygen atoms in total. The van der Waals surface area contributed by atoms with Crippen molar-refractivity contribution in [1.29, 1.82) is 0 Å². The third-order valence-corrected chi connectivity index (χ3v) is 8.34. The van der Waals surface area contributed by atoms with E-state index < -0.39 is 0 Å². The van der Waals surface area contributed by atoms with Crippen molar-refractivity contribution in [1.82, 2.24) is 14.9 Å². The third-order valence-electron chi connectivity index (χ3n) is 7.39. The first kappa shape index (κ1) is 23.9. The zero-order chi connectivity index (χ0) is 25.2. The molecule has 2 aromatic carbocycles. The summed E-state index contributed by atoms with van der Waals surface area (Å²) in [5.74, 6) is 1.57. The van der Waals surface area contributed by atoms with Gasteiger partial charge in [0.1, 0.15) is 11.5 Å². The van der Waals surface area contributed by atoms with Crippen LogP contribution >= 0.6 is 11.3 Å². The first-order valence-electron chi connectivity index (χ1n) is 13.1. The van der Waals surface area contributed by atoms with Crippen LogP contribution in [0.1, 0.15) is 25.7 Å². The Morgan fingerprint density at radius 1 is 0.973 bits per heavy atom. The van der Waals surface area contributed by atoms with E-state index in [9.17, 15) is 0 Å². The van der Waals surface area contributed by atoms with Gasteiger partial charge in [-0.05, 0) is 56.6 Å². The fourth-order valence-corrected chi connectivity index (χ4v) is 6.06. The fourth-order valence-electron chi connectivity index (χ4n) is 5.11. The number of anilines is 2. The van der Waals surface area contributed by atoms with Crippen molar-refractivity contribution in [2.24, 2.45) is 0 Å². The van der Waals surface area contributed by atoms with Crippen molar-refractivity contribution in [3.05, 3.63) is 72.9 Å². The van der Waals surface area contributed by atoms with Crippen molar-refractivity contribution in [2.75, 3.05) is 43.4 Å². The highest BCUT2D eigenvalue weighted by Gasteiger charge is 2.19. The summed E-state index contributed by atoms with van der Waals surface area (Å²) in [5, 5.41) is 4.55. The number of piperazine rings is 1. The van der Waals surface area contributed by atoms with Gasteiger partial charge in [0.2, 0.25) is 0 Å². The lowest BCUT2D eigenvalue weighted by molar-refractivity contribution is 0.313. The molecular formula is C30H33N5OS. The highest BCUT2D eigenvalue weighted by Crippen LogP contribution is 2.34. The molecule has 3 heterocycles. The van der Waals surface area contributed by atoms with Crippen molar-refractivity contribution < 1.29 is 4.74 Å². The predicted molar refractivity (Wildman–Crippen MR) is 154 cm³/mol. The Morgan fingerprint density at radius 3 is 2.59 bits per heavy atom. The number of rotatable bonds is 6. The van der Waals surface area contributed by atoms with Crippen LogP contribution in [-0.4, -0.2) is 54.1 Å². The van der Waals surface area contributed by atoms with Crippen LogP contribution in [0.15, 0.2) is 72.9 Å². The van der Waals surface area contributed by atoms with Crippen molar-refractivity contribution in [3.8, 4) is 22.8 Å². The lowest BCUT2D eigenvalue weighted by Gasteiger charge is -2.34. The molecule has 1 saturated carbocycles. The molecule has 0 amide bonds. The first-order valence-corrected chi connectivity index (χ1v) is 13.9. The maximum absolute atomic E-state index is 6.25. The van der Waals surface area contributed by atoms with Crippen LogP contribution in [-0.2, 0) is 0 Å². The number of ether oxygens (including phenoxy) is 1. The van der Waals surface area contributed by atoms with Gasteiger partial charge in [0, 0.05) is 61.8 Å². The Kier molecular flexibility index (Phi) is 6.81. The van der Waals surface area contributed by atoms with Crippen LogP contribution in [0.25, 0.3) is 21.5 Å². The Bertz CT molecular complexity index is 1390. The molecule has 2 aliphatic rings. The van der Waals surface area contributed by atoms with Crippen LogP contribution in [0, 0.1) is 0 Å². The number of likely N-dealkylation sites (N-methyl/N-ethyl adjacent to an activating group) is 1. The Labute approximate surface area is 222 Å². The minimum absolute atomic E-state index is 0.330. The second kappa shape index (κ2) is 10.5. The normalized spacial score (nSPS) is 18.8. The molecule has 37 heavy (non-hydrogen) atoms.